The largest absolute Gasteiger partial charge is 0.480 e. The lowest BCUT2D eigenvalue weighted by molar-refractivity contribution is -0.144. The molecule has 2 N–H and O–H groups in total. The van der Waals surface area contributed by atoms with Gasteiger partial charge in [-0.15, -0.1) is 0 Å². The highest BCUT2D eigenvalue weighted by Crippen LogP contribution is 2.37. The summed E-state index contributed by atoms with van der Waals surface area (Å²) in [5, 5.41) is 11.3. The van der Waals surface area contributed by atoms with Gasteiger partial charge < -0.3 is 10.1 Å². The maximum Gasteiger partial charge on any atom is 0.325 e. The average Bonchev–Trinajstić information content (AvgIpc) is 3.21. The van der Waals surface area contributed by atoms with Crippen LogP contribution in [0.2, 0.25) is 0 Å². The molecule has 162 valence electrons. The highest BCUT2D eigenvalue weighted by Gasteiger charge is 2.34. The zero-order chi connectivity index (χ0) is 21.9. The Hall–Kier alpha value is -3.41. The third kappa shape index (κ3) is 4.05. The van der Waals surface area contributed by atoms with Gasteiger partial charge in [-0.1, -0.05) is 78.9 Å². The van der Waals surface area contributed by atoms with Crippen LogP contribution in [-0.2, 0) is 11.3 Å². The first kappa shape index (κ1) is 20.5. The topological polar surface area (TPSA) is 59.6 Å². The van der Waals surface area contributed by atoms with E-state index in [-0.39, 0.29) is 0 Å². The summed E-state index contributed by atoms with van der Waals surface area (Å²) in [5.74, 6) is -0.802. The molecule has 1 saturated heterocycles. The fraction of sp³-hybridized carbons (Fsp3) is 0.222. The van der Waals surface area contributed by atoms with Crippen molar-refractivity contribution in [2.45, 2.75) is 12.6 Å². The third-order valence-corrected chi connectivity index (χ3v) is 6.34. The number of benzene rings is 3. The molecular formula is C27H27N3O2. The van der Waals surface area contributed by atoms with Crippen molar-refractivity contribution in [3.05, 3.63) is 96.1 Å². The van der Waals surface area contributed by atoms with Gasteiger partial charge in [0.25, 0.3) is 0 Å². The number of para-hydroxylation sites is 1. The maximum atomic E-state index is 12.6. The molecule has 4 aromatic rings. The van der Waals surface area contributed by atoms with E-state index < -0.39 is 12.0 Å². The van der Waals surface area contributed by atoms with Gasteiger partial charge in [0.05, 0.1) is 5.69 Å². The van der Waals surface area contributed by atoms with Crippen LogP contribution in [0.4, 0.5) is 0 Å². The second-order valence-electron chi connectivity index (χ2n) is 8.36. The van der Waals surface area contributed by atoms with Crippen molar-refractivity contribution < 1.29 is 9.90 Å². The Morgan fingerprint density at radius 1 is 0.844 bits per heavy atom. The van der Waals surface area contributed by atoms with Crippen LogP contribution in [0.25, 0.3) is 22.2 Å². The molecule has 5 rings (SSSR count). The van der Waals surface area contributed by atoms with Crippen LogP contribution in [0, 0.1) is 0 Å². The number of aromatic nitrogens is 1. The van der Waals surface area contributed by atoms with Gasteiger partial charge >= 0.3 is 5.97 Å². The number of H-pyrrole nitrogens is 1. The van der Waals surface area contributed by atoms with Crippen molar-refractivity contribution in [2.24, 2.45) is 0 Å². The summed E-state index contributed by atoms with van der Waals surface area (Å²) in [6.45, 7) is 4.03. The van der Waals surface area contributed by atoms with Gasteiger partial charge in [0.2, 0.25) is 0 Å². The number of rotatable bonds is 6. The second-order valence-corrected chi connectivity index (χ2v) is 8.36. The van der Waals surface area contributed by atoms with Crippen LogP contribution < -0.4 is 0 Å². The van der Waals surface area contributed by atoms with Crippen LogP contribution in [0.3, 0.4) is 0 Å². The van der Waals surface area contributed by atoms with Gasteiger partial charge in [-0.25, -0.2) is 0 Å². The van der Waals surface area contributed by atoms with Gasteiger partial charge in [0.15, 0.2) is 0 Å². The summed E-state index contributed by atoms with van der Waals surface area (Å²) in [4.78, 5) is 20.6. The van der Waals surface area contributed by atoms with E-state index in [0.717, 1.165) is 60.4 Å². The first-order valence-corrected chi connectivity index (χ1v) is 11.1. The number of aliphatic carboxylic acids is 1. The average molecular weight is 426 g/mol. The van der Waals surface area contributed by atoms with E-state index in [4.69, 9.17) is 0 Å². The SMILES string of the molecule is O=C(O)C(c1c(-c2ccccc2)[nH]c2ccccc12)N1CCN(Cc2ccccc2)CC1. The fourth-order valence-electron chi connectivity index (χ4n) is 4.76. The maximum absolute atomic E-state index is 12.6. The molecular weight excluding hydrogens is 398 g/mol. The smallest absolute Gasteiger partial charge is 0.325 e. The van der Waals surface area contributed by atoms with Crippen LogP contribution in [0.5, 0.6) is 0 Å². The molecule has 1 unspecified atom stereocenters. The number of carbonyl (C=O) groups is 1. The molecule has 0 aliphatic carbocycles. The summed E-state index contributed by atoms with van der Waals surface area (Å²) in [7, 11) is 0. The van der Waals surface area contributed by atoms with E-state index in [0.29, 0.717) is 0 Å². The predicted octanol–water partition coefficient (Wildman–Crippen LogP) is 4.78. The monoisotopic (exact) mass is 425 g/mol. The van der Waals surface area contributed by atoms with Gasteiger partial charge in [0, 0.05) is 49.2 Å². The summed E-state index contributed by atoms with van der Waals surface area (Å²) in [5.41, 5.74) is 5.02. The molecule has 0 saturated carbocycles. The summed E-state index contributed by atoms with van der Waals surface area (Å²) >= 11 is 0. The van der Waals surface area contributed by atoms with Crippen molar-refractivity contribution in [2.75, 3.05) is 26.2 Å². The zero-order valence-corrected chi connectivity index (χ0v) is 17.9. The molecule has 0 radical (unpaired) electrons. The Kier molecular flexibility index (Phi) is 5.75. The number of carboxylic acid groups (broad SMARTS) is 1. The highest BCUT2D eigenvalue weighted by atomic mass is 16.4. The van der Waals surface area contributed by atoms with Gasteiger partial charge in [-0.3, -0.25) is 14.6 Å². The van der Waals surface area contributed by atoms with E-state index in [1.807, 2.05) is 60.7 Å². The number of aromatic amines is 1. The lowest BCUT2D eigenvalue weighted by atomic mass is 9.97. The Labute approximate surface area is 187 Å². The Morgan fingerprint density at radius 2 is 1.47 bits per heavy atom. The third-order valence-electron chi connectivity index (χ3n) is 6.34. The Bertz CT molecular complexity index is 1200. The number of hydrogen-bond acceptors (Lipinski definition) is 3. The standard InChI is InChI=1S/C27H27N3O2/c31-27(32)26(30-17-15-29(16-18-30)19-20-9-3-1-4-10-20)24-22-13-7-8-14-23(22)28-25(24)21-11-5-2-6-12-21/h1-14,26,28H,15-19H2,(H,31,32). The van der Waals surface area contributed by atoms with E-state index in [1.165, 1.54) is 5.56 Å². The molecule has 0 amide bonds. The molecule has 3 aromatic carbocycles. The number of nitrogens with zero attached hydrogens (tertiary/aromatic N) is 2. The van der Waals surface area contributed by atoms with Gasteiger partial charge in [-0.2, -0.15) is 0 Å². The van der Waals surface area contributed by atoms with Crippen molar-refractivity contribution in [1.29, 1.82) is 0 Å². The van der Waals surface area contributed by atoms with E-state index in [9.17, 15) is 9.90 Å². The zero-order valence-electron chi connectivity index (χ0n) is 17.9. The second kappa shape index (κ2) is 8.99. The number of nitrogens with one attached hydrogen (secondary N) is 1. The Balaban J connectivity index is 1.46. The first-order valence-electron chi connectivity index (χ1n) is 11.1. The van der Waals surface area contributed by atoms with Crippen molar-refractivity contribution >= 4 is 16.9 Å². The molecule has 0 spiro atoms. The van der Waals surface area contributed by atoms with Crippen LogP contribution in [0.15, 0.2) is 84.9 Å². The number of carboxylic acids is 1. The van der Waals surface area contributed by atoms with E-state index in [1.54, 1.807) is 0 Å². The van der Waals surface area contributed by atoms with E-state index in [2.05, 4.69) is 39.0 Å². The van der Waals surface area contributed by atoms with Crippen molar-refractivity contribution in [3.8, 4) is 11.3 Å². The molecule has 32 heavy (non-hydrogen) atoms. The van der Waals surface area contributed by atoms with Gasteiger partial charge in [0.1, 0.15) is 6.04 Å². The molecule has 1 fully saturated rings. The molecule has 0 bridgehead atoms. The number of fused-ring (bicyclic) bond motifs is 1. The lowest BCUT2D eigenvalue weighted by Gasteiger charge is -2.38. The minimum absolute atomic E-state index is 0.694. The first-order chi connectivity index (χ1) is 15.7. The lowest BCUT2D eigenvalue weighted by Crippen LogP contribution is -2.48. The summed E-state index contributed by atoms with van der Waals surface area (Å²) in [6, 6.07) is 27.8. The highest BCUT2D eigenvalue weighted by molar-refractivity contribution is 5.95. The molecule has 5 nitrogen and oxygen atoms in total. The van der Waals surface area contributed by atoms with Crippen LogP contribution in [-0.4, -0.2) is 52.0 Å². The molecule has 1 aromatic heterocycles. The van der Waals surface area contributed by atoms with Crippen LogP contribution >= 0.6 is 0 Å². The normalized spacial score (nSPS) is 16.2. The van der Waals surface area contributed by atoms with Crippen LogP contribution in [0.1, 0.15) is 17.2 Å². The fourth-order valence-corrected chi connectivity index (χ4v) is 4.76. The summed E-state index contributed by atoms with van der Waals surface area (Å²) in [6.07, 6.45) is 0. The summed E-state index contributed by atoms with van der Waals surface area (Å²) < 4.78 is 0. The predicted molar refractivity (Wildman–Crippen MR) is 127 cm³/mol. The van der Waals surface area contributed by atoms with Gasteiger partial charge in [-0.05, 0) is 17.2 Å². The van der Waals surface area contributed by atoms with Crippen molar-refractivity contribution in [1.82, 2.24) is 14.8 Å². The quantitative estimate of drug-likeness (QED) is 0.467. The number of hydrogen-bond donors (Lipinski definition) is 2. The Morgan fingerprint density at radius 3 is 2.16 bits per heavy atom. The van der Waals surface area contributed by atoms with Crippen molar-refractivity contribution in [3.63, 3.8) is 0 Å². The minimum atomic E-state index is -0.802. The molecule has 5 heteroatoms. The van der Waals surface area contributed by atoms with E-state index >= 15 is 0 Å². The molecule has 1 aliphatic rings. The number of piperazine rings is 1. The molecule has 1 aliphatic heterocycles. The molecule has 1 atom stereocenters. The molecule has 2 heterocycles. The minimum Gasteiger partial charge on any atom is -0.480 e.